The molecular weight excluding hydrogens is 288 g/mol. The quantitative estimate of drug-likeness (QED) is 0.800. The van der Waals surface area contributed by atoms with E-state index in [1.54, 1.807) is 41.3 Å². The zero-order valence-corrected chi connectivity index (χ0v) is 11.6. The van der Waals surface area contributed by atoms with E-state index in [2.05, 4.69) is 16.0 Å². The number of fused-ring (bicyclic) bond motifs is 1. The van der Waals surface area contributed by atoms with Crippen LogP contribution in [-0.4, -0.2) is 28.4 Å². The van der Waals surface area contributed by atoms with E-state index in [-0.39, 0.29) is 19.1 Å². The Morgan fingerprint density at radius 1 is 1.23 bits per heavy atom. The molecule has 0 bridgehead atoms. The maximum atomic E-state index is 11.9. The highest BCUT2D eigenvalue weighted by Gasteiger charge is 2.16. The van der Waals surface area contributed by atoms with Gasteiger partial charge in [-0.3, -0.25) is 25.1 Å². The van der Waals surface area contributed by atoms with Crippen LogP contribution in [0.3, 0.4) is 0 Å². The third-order valence-electron chi connectivity index (χ3n) is 3.08. The van der Waals surface area contributed by atoms with E-state index in [4.69, 9.17) is 9.47 Å². The number of rotatable bonds is 4. The molecule has 0 unspecified atom stereocenters. The van der Waals surface area contributed by atoms with Crippen LogP contribution in [-0.2, 0) is 11.3 Å². The third-order valence-corrected chi connectivity index (χ3v) is 3.08. The molecular formula is C14H14N4O4. The second-order valence-electron chi connectivity index (χ2n) is 4.59. The molecule has 2 heterocycles. The summed E-state index contributed by atoms with van der Waals surface area (Å²) in [6.07, 6.45) is 3.61. The minimum absolute atomic E-state index is 0.143. The number of aromatic nitrogens is 2. The van der Waals surface area contributed by atoms with Crippen molar-refractivity contribution in [3.05, 3.63) is 42.2 Å². The van der Waals surface area contributed by atoms with Crippen LogP contribution in [0.5, 0.6) is 11.5 Å². The molecule has 1 aromatic carbocycles. The van der Waals surface area contributed by atoms with E-state index in [0.717, 1.165) is 0 Å². The highest BCUT2D eigenvalue weighted by Crippen LogP contribution is 2.32. The number of carbonyl (C=O) groups excluding carboxylic acids is 2. The number of hydrogen-bond donors (Lipinski definition) is 2. The maximum absolute atomic E-state index is 11.9. The number of carbonyl (C=O) groups is 2. The zero-order chi connectivity index (χ0) is 15.4. The Hall–Kier alpha value is -3.03. The highest BCUT2D eigenvalue weighted by molar-refractivity contribution is 5.96. The van der Waals surface area contributed by atoms with Crippen molar-refractivity contribution in [1.29, 1.82) is 0 Å². The first kappa shape index (κ1) is 13.9. The lowest BCUT2D eigenvalue weighted by Gasteiger charge is -2.08. The molecule has 114 valence electrons. The lowest BCUT2D eigenvalue weighted by atomic mass is 10.2. The van der Waals surface area contributed by atoms with Crippen molar-refractivity contribution in [3.8, 4) is 11.5 Å². The van der Waals surface area contributed by atoms with Crippen LogP contribution >= 0.6 is 0 Å². The van der Waals surface area contributed by atoms with Crippen molar-refractivity contribution in [2.24, 2.45) is 0 Å². The van der Waals surface area contributed by atoms with Gasteiger partial charge in [-0.25, -0.2) is 0 Å². The van der Waals surface area contributed by atoms with E-state index in [0.29, 0.717) is 23.6 Å². The van der Waals surface area contributed by atoms with E-state index >= 15 is 0 Å². The molecule has 0 radical (unpaired) electrons. The number of hydrogen-bond acceptors (Lipinski definition) is 5. The Balaban J connectivity index is 1.48. The molecule has 0 atom stereocenters. The number of hydrazine groups is 1. The monoisotopic (exact) mass is 302 g/mol. The van der Waals surface area contributed by atoms with Gasteiger partial charge in [-0.1, -0.05) is 0 Å². The summed E-state index contributed by atoms with van der Waals surface area (Å²) >= 11 is 0. The average Bonchev–Trinajstić information content (AvgIpc) is 3.20. The standard InChI is InChI=1S/C14H14N4O4/c19-13(4-7-18-6-1-5-15-18)16-17-14(20)10-2-3-11-12(8-10)22-9-21-11/h1-3,5-6,8H,4,7,9H2,(H,16,19)(H,17,20). The van der Waals surface area contributed by atoms with Gasteiger partial charge in [0.1, 0.15) is 0 Å². The summed E-state index contributed by atoms with van der Waals surface area (Å²) in [6, 6.07) is 6.59. The molecule has 0 saturated carbocycles. The topological polar surface area (TPSA) is 94.5 Å². The summed E-state index contributed by atoms with van der Waals surface area (Å²) in [5.74, 6) is 0.382. The molecule has 3 rings (SSSR count). The molecule has 8 nitrogen and oxygen atoms in total. The van der Waals surface area contributed by atoms with E-state index in [1.807, 2.05) is 0 Å². The lowest BCUT2D eigenvalue weighted by Crippen LogP contribution is -2.41. The summed E-state index contributed by atoms with van der Waals surface area (Å²) in [4.78, 5) is 23.6. The normalized spacial score (nSPS) is 12.0. The molecule has 22 heavy (non-hydrogen) atoms. The number of benzene rings is 1. The van der Waals surface area contributed by atoms with Gasteiger partial charge in [0, 0.05) is 30.9 Å². The van der Waals surface area contributed by atoms with E-state index < -0.39 is 5.91 Å². The van der Waals surface area contributed by atoms with Gasteiger partial charge in [0.25, 0.3) is 5.91 Å². The first-order chi connectivity index (χ1) is 10.7. The van der Waals surface area contributed by atoms with Gasteiger partial charge in [-0.15, -0.1) is 0 Å². The number of amides is 2. The van der Waals surface area contributed by atoms with Crippen molar-refractivity contribution in [3.63, 3.8) is 0 Å². The third kappa shape index (κ3) is 3.17. The van der Waals surface area contributed by atoms with Gasteiger partial charge in [-0.2, -0.15) is 5.10 Å². The molecule has 8 heteroatoms. The Labute approximate surface area is 126 Å². The van der Waals surface area contributed by atoms with Crippen molar-refractivity contribution >= 4 is 11.8 Å². The Kier molecular flexibility index (Phi) is 3.90. The molecule has 1 aromatic heterocycles. The van der Waals surface area contributed by atoms with Crippen LogP contribution in [0.1, 0.15) is 16.8 Å². The maximum Gasteiger partial charge on any atom is 0.269 e. The van der Waals surface area contributed by atoms with Gasteiger partial charge in [0.05, 0.1) is 0 Å². The van der Waals surface area contributed by atoms with Crippen molar-refractivity contribution in [1.82, 2.24) is 20.6 Å². The SMILES string of the molecule is O=C(CCn1cccn1)NNC(=O)c1ccc2c(c1)OCO2. The van der Waals surface area contributed by atoms with Gasteiger partial charge >= 0.3 is 0 Å². The zero-order valence-electron chi connectivity index (χ0n) is 11.6. The summed E-state index contributed by atoms with van der Waals surface area (Å²) in [5, 5.41) is 3.99. The first-order valence-corrected chi connectivity index (χ1v) is 6.68. The molecule has 0 saturated heterocycles. The van der Waals surface area contributed by atoms with Crippen molar-refractivity contribution in [2.45, 2.75) is 13.0 Å². The van der Waals surface area contributed by atoms with Crippen LogP contribution in [0.2, 0.25) is 0 Å². The minimum atomic E-state index is -0.425. The predicted octanol–water partition coefficient (Wildman–Crippen LogP) is 0.463. The largest absolute Gasteiger partial charge is 0.454 e. The Morgan fingerprint density at radius 2 is 2.09 bits per heavy atom. The second kappa shape index (κ2) is 6.17. The van der Waals surface area contributed by atoms with Gasteiger partial charge in [-0.05, 0) is 24.3 Å². The van der Waals surface area contributed by atoms with Crippen molar-refractivity contribution < 1.29 is 19.1 Å². The van der Waals surface area contributed by atoms with Crippen LogP contribution in [0.15, 0.2) is 36.7 Å². The number of ether oxygens (including phenoxy) is 2. The first-order valence-electron chi connectivity index (χ1n) is 6.68. The van der Waals surface area contributed by atoms with Crippen LogP contribution in [0, 0.1) is 0 Å². The predicted molar refractivity (Wildman–Crippen MR) is 75.0 cm³/mol. The highest BCUT2D eigenvalue weighted by atomic mass is 16.7. The fraction of sp³-hybridized carbons (Fsp3) is 0.214. The smallest absolute Gasteiger partial charge is 0.269 e. The Bertz CT molecular complexity index is 684. The van der Waals surface area contributed by atoms with Crippen LogP contribution in [0.4, 0.5) is 0 Å². The lowest BCUT2D eigenvalue weighted by molar-refractivity contribution is -0.122. The molecule has 0 fully saturated rings. The molecule has 2 amide bonds. The molecule has 1 aliphatic rings. The van der Waals surface area contributed by atoms with Gasteiger partial charge in [0.2, 0.25) is 12.7 Å². The van der Waals surface area contributed by atoms with E-state index in [9.17, 15) is 9.59 Å². The summed E-state index contributed by atoms with van der Waals surface area (Å²) in [5.41, 5.74) is 5.09. The molecule has 2 aromatic rings. The summed E-state index contributed by atoms with van der Waals surface area (Å²) < 4.78 is 12.0. The van der Waals surface area contributed by atoms with Crippen LogP contribution in [0.25, 0.3) is 0 Å². The molecule has 1 aliphatic heterocycles. The second-order valence-corrected chi connectivity index (χ2v) is 4.59. The van der Waals surface area contributed by atoms with Crippen molar-refractivity contribution in [2.75, 3.05) is 6.79 Å². The molecule has 0 spiro atoms. The minimum Gasteiger partial charge on any atom is -0.454 e. The van der Waals surface area contributed by atoms with E-state index in [1.165, 1.54) is 0 Å². The summed E-state index contributed by atoms with van der Waals surface area (Å²) in [7, 11) is 0. The van der Waals surface area contributed by atoms with Gasteiger partial charge < -0.3 is 9.47 Å². The summed E-state index contributed by atoms with van der Waals surface area (Å²) in [6.45, 7) is 0.587. The van der Waals surface area contributed by atoms with Crippen LogP contribution < -0.4 is 20.3 Å². The molecule has 0 aliphatic carbocycles. The fourth-order valence-electron chi connectivity index (χ4n) is 1.95. The average molecular weight is 302 g/mol. The fourth-order valence-corrected chi connectivity index (χ4v) is 1.95. The molecule has 2 N–H and O–H groups in total. The van der Waals surface area contributed by atoms with Gasteiger partial charge in [0.15, 0.2) is 11.5 Å². The number of nitrogens with one attached hydrogen (secondary N) is 2. The Morgan fingerprint density at radius 3 is 2.91 bits per heavy atom. The number of nitrogens with zero attached hydrogens (tertiary/aromatic N) is 2. The number of aryl methyl sites for hydroxylation is 1.